The molecule has 23 heavy (non-hydrogen) atoms. The van der Waals surface area contributed by atoms with Crippen molar-refractivity contribution in [2.75, 3.05) is 0 Å². The third-order valence-corrected chi connectivity index (χ3v) is 4.02. The predicted octanol–water partition coefficient (Wildman–Crippen LogP) is 4.31. The first kappa shape index (κ1) is 13.6. The van der Waals surface area contributed by atoms with E-state index < -0.39 is 0 Å². The van der Waals surface area contributed by atoms with E-state index in [9.17, 15) is 4.79 Å². The topological polar surface area (TPSA) is 35.1 Å². The molecule has 4 aromatic rings. The molecule has 0 spiro atoms. The molecule has 4 rings (SSSR count). The molecule has 2 heterocycles. The van der Waals surface area contributed by atoms with Crippen molar-refractivity contribution >= 4 is 10.8 Å². The zero-order valence-electron chi connectivity index (χ0n) is 12.5. The average Bonchev–Trinajstić information content (AvgIpc) is 3.13. The summed E-state index contributed by atoms with van der Waals surface area (Å²) in [5, 5.41) is 1.67. The smallest absolute Gasteiger partial charge is 0.259 e. The molecule has 0 amide bonds. The maximum absolute atomic E-state index is 13.0. The molecular formula is C20H15NO2. The summed E-state index contributed by atoms with van der Waals surface area (Å²) < 4.78 is 7.02. The van der Waals surface area contributed by atoms with Crippen LogP contribution in [0.2, 0.25) is 0 Å². The van der Waals surface area contributed by atoms with Gasteiger partial charge in [-0.1, -0.05) is 48.5 Å². The lowest BCUT2D eigenvalue weighted by atomic mass is 10.1. The quantitative estimate of drug-likeness (QED) is 0.565. The lowest BCUT2D eigenvalue weighted by Gasteiger charge is -2.13. The van der Waals surface area contributed by atoms with Crippen molar-refractivity contribution < 1.29 is 4.42 Å². The highest BCUT2D eigenvalue weighted by Crippen LogP contribution is 2.23. The minimum Gasteiger partial charge on any atom is -0.472 e. The van der Waals surface area contributed by atoms with Gasteiger partial charge in [0.2, 0.25) is 0 Å². The molecule has 0 aliphatic rings. The monoisotopic (exact) mass is 301 g/mol. The van der Waals surface area contributed by atoms with Crippen LogP contribution in [0.4, 0.5) is 0 Å². The van der Waals surface area contributed by atoms with Crippen LogP contribution >= 0.6 is 0 Å². The summed E-state index contributed by atoms with van der Waals surface area (Å²) in [5.74, 6) is 0. The zero-order valence-corrected chi connectivity index (χ0v) is 12.5. The standard InChI is InChI=1S/C20H15NO2/c22-20-18-9-5-4-8-16(18)12-19(17-10-11-23-14-17)21(20)13-15-6-2-1-3-7-15/h1-12,14H,13H2. The number of furan rings is 1. The van der Waals surface area contributed by atoms with Gasteiger partial charge < -0.3 is 8.98 Å². The van der Waals surface area contributed by atoms with Gasteiger partial charge in [-0.15, -0.1) is 0 Å². The van der Waals surface area contributed by atoms with Crippen molar-refractivity contribution in [3.63, 3.8) is 0 Å². The molecule has 0 aliphatic heterocycles. The number of benzene rings is 2. The van der Waals surface area contributed by atoms with Gasteiger partial charge in [-0.05, 0) is 29.1 Å². The molecular weight excluding hydrogens is 286 g/mol. The molecule has 0 saturated carbocycles. The minimum atomic E-state index is 0.0168. The van der Waals surface area contributed by atoms with Gasteiger partial charge in [-0.3, -0.25) is 4.79 Å². The molecule has 0 aliphatic carbocycles. The highest BCUT2D eigenvalue weighted by Gasteiger charge is 2.12. The first-order valence-electron chi connectivity index (χ1n) is 7.52. The van der Waals surface area contributed by atoms with Crippen molar-refractivity contribution in [3.8, 4) is 11.3 Å². The van der Waals surface area contributed by atoms with Crippen LogP contribution in [-0.4, -0.2) is 4.57 Å². The number of rotatable bonds is 3. The van der Waals surface area contributed by atoms with Gasteiger partial charge in [0.05, 0.1) is 24.8 Å². The van der Waals surface area contributed by atoms with E-state index in [0.29, 0.717) is 6.54 Å². The van der Waals surface area contributed by atoms with Crippen LogP contribution in [-0.2, 0) is 6.54 Å². The van der Waals surface area contributed by atoms with Crippen LogP contribution in [0.1, 0.15) is 5.56 Å². The van der Waals surface area contributed by atoms with E-state index in [1.54, 1.807) is 12.5 Å². The Bertz CT molecular complexity index is 999. The van der Waals surface area contributed by atoms with E-state index in [2.05, 4.69) is 0 Å². The van der Waals surface area contributed by atoms with Gasteiger partial charge in [0.1, 0.15) is 0 Å². The van der Waals surface area contributed by atoms with Crippen molar-refractivity contribution in [1.29, 1.82) is 0 Å². The van der Waals surface area contributed by atoms with Crippen molar-refractivity contribution in [2.45, 2.75) is 6.54 Å². The second-order valence-electron chi connectivity index (χ2n) is 5.51. The van der Waals surface area contributed by atoms with Crippen molar-refractivity contribution in [3.05, 3.63) is 95.2 Å². The molecule has 0 N–H and O–H groups in total. The maximum atomic E-state index is 13.0. The molecule has 2 aromatic carbocycles. The molecule has 0 radical (unpaired) electrons. The summed E-state index contributed by atoms with van der Waals surface area (Å²) >= 11 is 0. The minimum absolute atomic E-state index is 0.0168. The third-order valence-electron chi connectivity index (χ3n) is 4.02. The van der Waals surface area contributed by atoms with E-state index in [4.69, 9.17) is 4.42 Å². The van der Waals surface area contributed by atoms with Gasteiger partial charge in [0, 0.05) is 10.9 Å². The number of pyridine rings is 1. The second kappa shape index (κ2) is 5.61. The van der Waals surface area contributed by atoms with Gasteiger partial charge in [0.25, 0.3) is 5.56 Å². The summed E-state index contributed by atoms with van der Waals surface area (Å²) in [4.78, 5) is 13.0. The Hall–Kier alpha value is -3.07. The number of nitrogens with zero attached hydrogens (tertiary/aromatic N) is 1. The number of hydrogen-bond acceptors (Lipinski definition) is 2. The normalized spacial score (nSPS) is 11.0. The van der Waals surface area contributed by atoms with Gasteiger partial charge in [-0.25, -0.2) is 0 Å². The molecule has 0 saturated heterocycles. The summed E-state index contributed by atoms with van der Waals surface area (Å²) in [6, 6.07) is 21.6. The summed E-state index contributed by atoms with van der Waals surface area (Å²) in [6.45, 7) is 0.533. The lowest BCUT2D eigenvalue weighted by Crippen LogP contribution is -2.22. The molecule has 0 atom stereocenters. The Labute approximate surface area is 133 Å². The Kier molecular flexibility index (Phi) is 3.31. The van der Waals surface area contributed by atoms with Gasteiger partial charge in [-0.2, -0.15) is 0 Å². The molecule has 3 heteroatoms. The molecule has 0 unspecified atom stereocenters. The van der Waals surface area contributed by atoms with Crippen molar-refractivity contribution in [1.82, 2.24) is 4.57 Å². The zero-order chi connectivity index (χ0) is 15.6. The summed E-state index contributed by atoms with van der Waals surface area (Å²) in [7, 11) is 0. The molecule has 0 bridgehead atoms. The molecule has 2 aromatic heterocycles. The first-order valence-corrected chi connectivity index (χ1v) is 7.52. The highest BCUT2D eigenvalue weighted by molar-refractivity contribution is 5.85. The van der Waals surface area contributed by atoms with E-state index in [0.717, 1.165) is 27.6 Å². The fourth-order valence-electron chi connectivity index (χ4n) is 2.87. The fraction of sp³-hybridized carbons (Fsp3) is 0.0500. The summed E-state index contributed by atoms with van der Waals surface area (Å²) in [6.07, 6.45) is 3.30. The first-order chi connectivity index (χ1) is 11.3. The Morgan fingerprint density at radius 3 is 2.48 bits per heavy atom. The van der Waals surface area contributed by atoms with Crippen LogP contribution in [0, 0.1) is 0 Å². The van der Waals surface area contributed by atoms with E-state index >= 15 is 0 Å². The molecule has 0 fully saturated rings. The summed E-state index contributed by atoms with van der Waals surface area (Å²) in [5.41, 5.74) is 2.88. The fourth-order valence-corrected chi connectivity index (χ4v) is 2.87. The van der Waals surface area contributed by atoms with Crippen LogP contribution in [0.15, 0.2) is 88.5 Å². The largest absolute Gasteiger partial charge is 0.472 e. The number of aromatic nitrogens is 1. The second-order valence-corrected chi connectivity index (χ2v) is 5.51. The number of fused-ring (bicyclic) bond motifs is 1. The van der Waals surface area contributed by atoms with Gasteiger partial charge in [0.15, 0.2) is 0 Å². The third kappa shape index (κ3) is 2.46. The van der Waals surface area contributed by atoms with E-state index in [1.165, 1.54) is 0 Å². The van der Waals surface area contributed by atoms with Crippen LogP contribution < -0.4 is 5.56 Å². The SMILES string of the molecule is O=c1c2ccccc2cc(-c2ccoc2)n1Cc1ccccc1. The Morgan fingerprint density at radius 2 is 1.70 bits per heavy atom. The van der Waals surface area contributed by atoms with E-state index in [1.807, 2.05) is 71.3 Å². The van der Waals surface area contributed by atoms with Crippen molar-refractivity contribution in [2.24, 2.45) is 0 Å². The van der Waals surface area contributed by atoms with Crippen LogP contribution in [0.5, 0.6) is 0 Å². The van der Waals surface area contributed by atoms with Gasteiger partial charge >= 0.3 is 0 Å². The molecule has 112 valence electrons. The maximum Gasteiger partial charge on any atom is 0.259 e. The predicted molar refractivity (Wildman–Crippen MR) is 91.5 cm³/mol. The highest BCUT2D eigenvalue weighted by atomic mass is 16.3. The number of hydrogen-bond donors (Lipinski definition) is 0. The lowest BCUT2D eigenvalue weighted by molar-refractivity contribution is 0.567. The van der Waals surface area contributed by atoms with Crippen LogP contribution in [0.25, 0.3) is 22.0 Å². The molecule has 3 nitrogen and oxygen atoms in total. The Balaban J connectivity index is 1.98. The Morgan fingerprint density at radius 1 is 0.913 bits per heavy atom. The average molecular weight is 301 g/mol. The van der Waals surface area contributed by atoms with E-state index in [-0.39, 0.29) is 5.56 Å². The van der Waals surface area contributed by atoms with Crippen LogP contribution in [0.3, 0.4) is 0 Å².